The molecule has 1 atom stereocenters. The molecular formula is C25H30Cl2FN3O4S. The van der Waals surface area contributed by atoms with Crippen molar-refractivity contribution in [2.45, 2.75) is 57.7 Å². The number of carbonyl (C=O) groups is 2. The van der Waals surface area contributed by atoms with Crippen molar-refractivity contribution in [1.29, 1.82) is 0 Å². The van der Waals surface area contributed by atoms with Gasteiger partial charge < -0.3 is 10.2 Å². The minimum Gasteiger partial charge on any atom is -0.352 e. The predicted molar refractivity (Wildman–Crippen MR) is 140 cm³/mol. The van der Waals surface area contributed by atoms with E-state index in [4.69, 9.17) is 23.2 Å². The first kappa shape index (κ1) is 28.2. The predicted octanol–water partition coefficient (Wildman–Crippen LogP) is 4.76. The number of hydrogen-bond acceptors (Lipinski definition) is 4. The molecule has 0 spiro atoms. The normalized spacial score (nSPS) is 15.2. The number of sulfonamides is 1. The molecule has 1 aliphatic rings. The van der Waals surface area contributed by atoms with Crippen molar-refractivity contribution < 1.29 is 22.4 Å². The maximum absolute atomic E-state index is 13.7. The third kappa shape index (κ3) is 7.33. The van der Waals surface area contributed by atoms with E-state index in [1.165, 1.54) is 11.0 Å². The van der Waals surface area contributed by atoms with E-state index in [1.54, 1.807) is 31.2 Å². The lowest BCUT2D eigenvalue weighted by Gasteiger charge is -2.33. The van der Waals surface area contributed by atoms with Gasteiger partial charge in [-0.05, 0) is 49.6 Å². The van der Waals surface area contributed by atoms with Gasteiger partial charge in [-0.25, -0.2) is 12.8 Å². The van der Waals surface area contributed by atoms with Gasteiger partial charge in [-0.2, -0.15) is 0 Å². The summed E-state index contributed by atoms with van der Waals surface area (Å²) < 4.78 is 39.7. The van der Waals surface area contributed by atoms with Gasteiger partial charge in [0, 0.05) is 17.6 Å². The van der Waals surface area contributed by atoms with E-state index in [9.17, 15) is 22.4 Å². The van der Waals surface area contributed by atoms with Crippen LogP contribution in [0.4, 0.5) is 10.1 Å². The van der Waals surface area contributed by atoms with Crippen molar-refractivity contribution in [2.75, 3.05) is 17.1 Å². The van der Waals surface area contributed by atoms with Crippen LogP contribution in [0.2, 0.25) is 10.0 Å². The Kier molecular flexibility index (Phi) is 9.60. The van der Waals surface area contributed by atoms with E-state index >= 15 is 0 Å². The summed E-state index contributed by atoms with van der Waals surface area (Å²) in [5.74, 6) is -1.65. The minimum atomic E-state index is -3.95. The fourth-order valence-electron chi connectivity index (χ4n) is 4.22. The molecule has 1 aliphatic carbocycles. The second kappa shape index (κ2) is 12.3. The zero-order valence-electron chi connectivity index (χ0n) is 20.2. The second-order valence-electron chi connectivity index (χ2n) is 9.00. The summed E-state index contributed by atoms with van der Waals surface area (Å²) in [6.45, 7) is 0.998. The molecule has 1 fully saturated rings. The SMILES string of the molecule is C[C@@H](C(=O)NC1CCCCC1)N(Cc1ccccc1Cl)C(=O)CN(c1ccc(F)c(Cl)c1)S(C)(=O)=O. The molecule has 1 N–H and O–H groups in total. The van der Waals surface area contributed by atoms with E-state index < -0.39 is 34.3 Å². The zero-order valence-corrected chi connectivity index (χ0v) is 22.5. The molecule has 0 bridgehead atoms. The fraction of sp³-hybridized carbons (Fsp3) is 0.440. The van der Waals surface area contributed by atoms with Gasteiger partial charge >= 0.3 is 0 Å². The standard InChI is InChI=1S/C25H30Cl2FN3O4S/c1-17(25(33)29-19-9-4-3-5-10-19)30(15-18-8-6-7-11-21(18)26)24(32)16-31(36(2,34)35)20-12-13-23(28)22(27)14-20/h6-8,11-14,17,19H,3-5,9-10,15-16H2,1-2H3,(H,29,33)/t17-/m0/s1. The molecule has 0 aromatic heterocycles. The van der Waals surface area contributed by atoms with Crippen LogP contribution in [0.15, 0.2) is 42.5 Å². The van der Waals surface area contributed by atoms with Crippen LogP contribution in [0.1, 0.15) is 44.6 Å². The Balaban J connectivity index is 1.89. The average Bonchev–Trinajstić information content (AvgIpc) is 2.83. The van der Waals surface area contributed by atoms with Crippen LogP contribution in [-0.4, -0.2) is 50.0 Å². The highest BCUT2D eigenvalue weighted by Gasteiger charge is 2.31. The lowest BCUT2D eigenvalue weighted by molar-refractivity contribution is -0.139. The number of hydrogen-bond donors (Lipinski definition) is 1. The maximum Gasteiger partial charge on any atom is 0.244 e. The van der Waals surface area contributed by atoms with Crippen LogP contribution < -0.4 is 9.62 Å². The first-order valence-electron chi connectivity index (χ1n) is 11.7. The summed E-state index contributed by atoms with van der Waals surface area (Å²) >= 11 is 12.2. The van der Waals surface area contributed by atoms with E-state index in [0.717, 1.165) is 54.8 Å². The van der Waals surface area contributed by atoms with E-state index in [0.29, 0.717) is 10.6 Å². The molecule has 0 heterocycles. The summed E-state index contributed by atoms with van der Waals surface area (Å²) in [6.07, 6.45) is 5.90. The van der Waals surface area contributed by atoms with Crippen LogP contribution >= 0.6 is 23.2 Å². The molecular weight excluding hydrogens is 528 g/mol. The maximum atomic E-state index is 13.7. The Hall–Kier alpha value is -2.36. The zero-order chi connectivity index (χ0) is 26.5. The van der Waals surface area contributed by atoms with Gasteiger partial charge in [-0.15, -0.1) is 0 Å². The summed E-state index contributed by atoms with van der Waals surface area (Å²) in [5, 5.41) is 3.17. The van der Waals surface area contributed by atoms with Gasteiger partial charge in [0.05, 0.1) is 17.0 Å². The van der Waals surface area contributed by atoms with Gasteiger partial charge in [-0.1, -0.05) is 60.7 Å². The highest BCUT2D eigenvalue weighted by molar-refractivity contribution is 7.92. The molecule has 0 aliphatic heterocycles. The summed E-state index contributed by atoms with van der Waals surface area (Å²) in [4.78, 5) is 28.0. The second-order valence-corrected chi connectivity index (χ2v) is 11.7. The van der Waals surface area contributed by atoms with Crippen molar-refractivity contribution in [1.82, 2.24) is 10.2 Å². The van der Waals surface area contributed by atoms with E-state index in [2.05, 4.69) is 5.32 Å². The summed E-state index contributed by atoms with van der Waals surface area (Å²) in [7, 11) is -3.95. The fourth-order valence-corrected chi connectivity index (χ4v) is 5.43. The molecule has 0 unspecified atom stereocenters. The number of halogens is 3. The number of rotatable bonds is 9. The van der Waals surface area contributed by atoms with Crippen LogP contribution in [0.3, 0.4) is 0 Å². The Morgan fingerprint density at radius 1 is 1.08 bits per heavy atom. The third-order valence-electron chi connectivity index (χ3n) is 6.29. The number of carbonyl (C=O) groups excluding carboxylic acids is 2. The van der Waals surface area contributed by atoms with Gasteiger partial charge in [0.2, 0.25) is 21.8 Å². The van der Waals surface area contributed by atoms with Crippen molar-refractivity contribution in [2.24, 2.45) is 0 Å². The first-order valence-corrected chi connectivity index (χ1v) is 14.3. The molecule has 2 aromatic carbocycles. The third-order valence-corrected chi connectivity index (χ3v) is 8.09. The molecule has 1 saturated carbocycles. The quantitative estimate of drug-likeness (QED) is 0.481. The number of benzene rings is 2. The number of anilines is 1. The largest absolute Gasteiger partial charge is 0.352 e. The molecule has 36 heavy (non-hydrogen) atoms. The average molecular weight is 559 g/mol. The number of amides is 2. The van der Waals surface area contributed by atoms with Crippen LogP contribution in [-0.2, 0) is 26.2 Å². The van der Waals surface area contributed by atoms with Crippen LogP contribution in [0.25, 0.3) is 0 Å². The number of nitrogens with one attached hydrogen (secondary N) is 1. The van der Waals surface area contributed by atoms with Gasteiger partial charge in [0.25, 0.3) is 0 Å². The van der Waals surface area contributed by atoms with Crippen molar-refractivity contribution >= 4 is 50.7 Å². The minimum absolute atomic E-state index is 0.000460. The monoisotopic (exact) mass is 557 g/mol. The Labute approximate surface area is 221 Å². The van der Waals surface area contributed by atoms with Crippen molar-refractivity contribution in [3.63, 3.8) is 0 Å². The van der Waals surface area contributed by atoms with Crippen LogP contribution in [0.5, 0.6) is 0 Å². The Morgan fingerprint density at radius 3 is 2.36 bits per heavy atom. The Morgan fingerprint density at radius 2 is 1.75 bits per heavy atom. The van der Waals surface area contributed by atoms with Crippen molar-refractivity contribution in [3.05, 3.63) is 63.9 Å². The summed E-state index contributed by atoms with van der Waals surface area (Å²) in [6, 6.07) is 9.48. The number of nitrogens with zero attached hydrogens (tertiary/aromatic N) is 2. The first-order chi connectivity index (χ1) is 17.0. The molecule has 196 valence electrons. The molecule has 11 heteroatoms. The van der Waals surface area contributed by atoms with Gasteiger partial charge in [0.1, 0.15) is 18.4 Å². The van der Waals surface area contributed by atoms with E-state index in [-0.39, 0.29) is 29.2 Å². The topological polar surface area (TPSA) is 86.8 Å². The highest BCUT2D eigenvalue weighted by Crippen LogP contribution is 2.26. The molecule has 2 aromatic rings. The van der Waals surface area contributed by atoms with E-state index in [1.807, 2.05) is 0 Å². The lowest BCUT2D eigenvalue weighted by atomic mass is 9.95. The Bertz CT molecular complexity index is 1210. The smallest absolute Gasteiger partial charge is 0.244 e. The van der Waals surface area contributed by atoms with Crippen LogP contribution in [0, 0.1) is 5.82 Å². The summed E-state index contributed by atoms with van der Waals surface area (Å²) in [5.41, 5.74) is 0.648. The molecule has 3 rings (SSSR count). The van der Waals surface area contributed by atoms with Crippen molar-refractivity contribution in [3.8, 4) is 0 Å². The van der Waals surface area contributed by atoms with Gasteiger partial charge in [-0.3, -0.25) is 13.9 Å². The molecule has 0 saturated heterocycles. The molecule has 7 nitrogen and oxygen atoms in total. The molecule has 2 amide bonds. The van der Waals surface area contributed by atoms with Gasteiger partial charge in [0.15, 0.2) is 0 Å². The highest BCUT2D eigenvalue weighted by atomic mass is 35.5. The lowest BCUT2D eigenvalue weighted by Crippen LogP contribution is -2.53. The molecule has 0 radical (unpaired) electrons.